The second-order valence-corrected chi connectivity index (χ2v) is 5.70. The lowest BCUT2D eigenvalue weighted by Gasteiger charge is -2.07. The molecule has 0 amide bonds. The van der Waals surface area contributed by atoms with Crippen LogP contribution in [-0.2, 0) is 4.79 Å². The molecule has 2 aromatic carbocycles. The lowest BCUT2D eigenvalue weighted by molar-refractivity contribution is -0.139. The topological polar surface area (TPSA) is 89.6 Å². The van der Waals surface area contributed by atoms with Crippen LogP contribution in [0.2, 0.25) is 0 Å². The van der Waals surface area contributed by atoms with E-state index in [1.165, 1.54) is 12.3 Å². The van der Waals surface area contributed by atoms with Crippen molar-refractivity contribution < 1.29 is 19.1 Å². The predicted octanol–water partition coefficient (Wildman–Crippen LogP) is 3.47. The highest BCUT2D eigenvalue weighted by atomic mass is 16.5. The van der Waals surface area contributed by atoms with Crippen LogP contribution in [0.15, 0.2) is 70.2 Å². The second kappa shape index (κ2) is 6.33. The SMILES string of the molecule is O=C(O)COc1ccc2c(=O)c(-c3cccc4cccnc34)coc2c1. The van der Waals surface area contributed by atoms with Gasteiger partial charge in [-0.05, 0) is 18.2 Å². The van der Waals surface area contributed by atoms with Crippen LogP contribution in [0, 0.1) is 0 Å². The molecule has 26 heavy (non-hydrogen) atoms. The summed E-state index contributed by atoms with van der Waals surface area (Å²) < 4.78 is 10.7. The number of rotatable bonds is 4. The predicted molar refractivity (Wildman–Crippen MR) is 96.4 cm³/mol. The molecular formula is C20H13NO5. The van der Waals surface area contributed by atoms with Crippen molar-refractivity contribution in [1.29, 1.82) is 0 Å². The number of carboxylic acid groups (broad SMARTS) is 1. The molecule has 6 heteroatoms. The van der Waals surface area contributed by atoms with E-state index < -0.39 is 12.6 Å². The number of para-hydroxylation sites is 1. The van der Waals surface area contributed by atoms with Gasteiger partial charge in [-0.1, -0.05) is 24.3 Å². The largest absolute Gasteiger partial charge is 0.482 e. The maximum Gasteiger partial charge on any atom is 0.341 e. The molecule has 0 fully saturated rings. The van der Waals surface area contributed by atoms with Gasteiger partial charge in [0.1, 0.15) is 17.6 Å². The third-order valence-corrected chi connectivity index (χ3v) is 4.03. The summed E-state index contributed by atoms with van der Waals surface area (Å²) >= 11 is 0. The number of carboxylic acids is 1. The fraction of sp³-hybridized carbons (Fsp3) is 0.0500. The molecule has 0 atom stereocenters. The van der Waals surface area contributed by atoms with E-state index in [4.69, 9.17) is 14.3 Å². The summed E-state index contributed by atoms with van der Waals surface area (Å²) in [4.78, 5) is 27.9. The van der Waals surface area contributed by atoms with E-state index in [1.807, 2.05) is 30.3 Å². The Hall–Kier alpha value is -3.67. The molecule has 0 saturated carbocycles. The molecule has 4 aromatic rings. The van der Waals surface area contributed by atoms with Crippen molar-refractivity contribution in [3.8, 4) is 16.9 Å². The molecule has 0 aliphatic heterocycles. The van der Waals surface area contributed by atoms with Crippen molar-refractivity contribution in [2.75, 3.05) is 6.61 Å². The summed E-state index contributed by atoms with van der Waals surface area (Å²) in [5.74, 6) is -0.756. The molecule has 0 unspecified atom stereocenters. The van der Waals surface area contributed by atoms with Gasteiger partial charge in [0.05, 0.1) is 16.5 Å². The molecule has 2 heterocycles. The van der Waals surface area contributed by atoms with E-state index in [-0.39, 0.29) is 5.43 Å². The van der Waals surface area contributed by atoms with E-state index in [1.54, 1.807) is 18.3 Å². The Balaban J connectivity index is 1.84. The fourth-order valence-electron chi connectivity index (χ4n) is 2.85. The first kappa shape index (κ1) is 15.8. The van der Waals surface area contributed by atoms with Gasteiger partial charge in [0.15, 0.2) is 6.61 Å². The quantitative estimate of drug-likeness (QED) is 0.608. The average Bonchev–Trinajstić information content (AvgIpc) is 2.66. The number of ether oxygens (including phenoxy) is 1. The van der Waals surface area contributed by atoms with Crippen LogP contribution >= 0.6 is 0 Å². The van der Waals surface area contributed by atoms with E-state index in [2.05, 4.69) is 4.98 Å². The minimum atomic E-state index is -1.08. The first-order chi connectivity index (χ1) is 12.6. The zero-order chi connectivity index (χ0) is 18.1. The molecule has 128 valence electrons. The van der Waals surface area contributed by atoms with E-state index >= 15 is 0 Å². The molecule has 0 aliphatic carbocycles. The van der Waals surface area contributed by atoms with Crippen molar-refractivity contribution >= 4 is 27.8 Å². The van der Waals surface area contributed by atoms with E-state index in [9.17, 15) is 9.59 Å². The number of nitrogens with zero attached hydrogens (tertiary/aromatic N) is 1. The molecule has 2 aromatic heterocycles. The normalized spacial score (nSPS) is 10.9. The van der Waals surface area contributed by atoms with Gasteiger partial charge in [-0.25, -0.2) is 4.79 Å². The van der Waals surface area contributed by atoms with Crippen LogP contribution < -0.4 is 10.2 Å². The number of fused-ring (bicyclic) bond motifs is 2. The second-order valence-electron chi connectivity index (χ2n) is 5.70. The van der Waals surface area contributed by atoms with Gasteiger partial charge in [-0.15, -0.1) is 0 Å². The smallest absolute Gasteiger partial charge is 0.341 e. The molecule has 0 aliphatic rings. The zero-order valence-corrected chi connectivity index (χ0v) is 13.5. The Morgan fingerprint density at radius 1 is 1.12 bits per heavy atom. The molecule has 0 bridgehead atoms. The third-order valence-electron chi connectivity index (χ3n) is 4.03. The summed E-state index contributed by atoms with van der Waals surface area (Å²) in [6.45, 7) is -0.463. The number of pyridine rings is 1. The van der Waals surface area contributed by atoms with Gasteiger partial charge >= 0.3 is 5.97 Å². The average molecular weight is 347 g/mol. The van der Waals surface area contributed by atoms with Gasteiger partial charge in [-0.3, -0.25) is 9.78 Å². The van der Waals surface area contributed by atoms with Crippen LogP contribution in [0.3, 0.4) is 0 Å². The van der Waals surface area contributed by atoms with Crippen LogP contribution in [0.4, 0.5) is 0 Å². The fourth-order valence-corrected chi connectivity index (χ4v) is 2.85. The minimum Gasteiger partial charge on any atom is -0.482 e. The standard InChI is InChI=1S/C20H13NO5/c22-18(23)11-25-13-6-7-15-17(9-13)26-10-16(20(15)24)14-5-1-3-12-4-2-8-21-19(12)14/h1-10H,11H2,(H,22,23). The maximum atomic E-state index is 12.9. The van der Waals surface area contributed by atoms with E-state index in [0.29, 0.717) is 27.8 Å². The van der Waals surface area contributed by atoms with Crippen molar-refractivity contribution in [1.82, 2.24) is 4.98 Å². The van der Waals surface area contributed by atoms with E-state index in [0.717, 1.165) is 10.9 Å². The summed E-state index contributed by atoms with van der Waals surface area (Å²) in [7, 11) is 0. The Bertz CT molecular complexity index is 1190. The highest BCUT2D eigenvalue weighted by molar-refractivity contribution is 5.95. The summed E-state index contributed by atoms with van der Waals surface area (Å²) in [6, 6.07) is 14.0. The Morgan fingerprint density at radius 2 is 1.96 bits per heavy atom. The van der Waals surface area contributed by atoms with Gasteiger partial charge in [0.25, 0.3) is 0 Å². The molecule has 0 saturated heterocycles. The number of hydrogen-bond acceptors (Lipinski definition) is 5. The molecular weight excluding hydrogens is 334 g/mol. The van der Waals surface area contributed by atoms with Crippen molar-refractivity contribution in [2.24, 2.45) is 0 Å². The molecule has 0 spiro atoms. The Kier molecular flexibility index (Phi) is 3.85. The molecule has 4 rings (SSSR count). The number of carbonyl (C=O) groups is 1. The van der Waals surface area contributed by atoms with Crippen molar-refractivity contribution in [2.45, 2.75) is 0 Å². The van der Waals surface area contributed by atoms with Gasteiger partial charge in [0.2, 0.25) is 5.43 Å². The minimum absolute atomic E-state index is 0.186. The lowest BCUT2D eigenvalue weighted by Crippen LogP contribution is -2.10. The van der Waals surface area contributed by atoms with Crippen LogP contribution in [0.25, 0.3) is 33.0 Å². The number of benzene rings is 2. The highest BCUT2D eigenvalue weighted by Gasteiger charge is 2.13. The van der Waals surface area contributed by atoms with Crippen LogP contribution in [0.5, 0.6) is 5.75 Å². The molecule has 6 nitrogen and oxygen atoms in total. The van der Waals surface area contributed by atoms with Gasteiger partial charge in [-0.2, -0.15) is 0 Å². The van der Waals surface area contributed by atoms with Crippen LogP contribution in [0.1, 0.15) is 0 Å². The first-order valence-electron chi connectivity index (χ1n) is 7.88. The number of aromatic nitrogens is 1. The summed E-state index contributed by atoms with van der Waals surface area (Å²) in [6.07, 6.45) is 3.08. The first-order valence-corrected chi connectivity index (χ1v) is 7.88. The molecule has 0 radical (unpaired) electrons. The van der Waals surface area contributed by atoms with Crippen molar-refractivity contribution in [3.05, 3.63) is 71.2 Å². The Labute approximate surface area is 147 Å². The third kappa shape index (κ3) is 2.77. The number of hydrogen-bond donors (Lipinski definition) is 1. The summed E-state index contributed by atoms with van der Waals surface area (Å²) in [5, 5.41) is 10.00. The zero-order valence-electron chi connectivity index (χ0n) is 13.5. The Morgan fingerprint density at radius 3 is 2.81 bits per heavy atom. The van der Waals surface area contributed by atoms with Crippen LogP contribution in [-0.4, -0.2) is 22.7 Å². The van der Waals surface area contributed by atoms with Gasteiger partial charge in [0, 0.05) is 23.2 Å². The maximum absolute atomic E-state index is 12.9. The lowest BCUT2D eigenvalue weighted by atomic mass is 10.0. The highest BCUT2D eigenvalue weighted by Crippen LogP contribution is 2.27. The van der Waals surface area contributed by atoms with Crippen molar-refractivity contribution in [3.63, 3.8) is 0 Å². The molecule has 1 N–H and O–H groups in total. The monoisotopic (exact) mass is 347 g/mol. The van der Waals surface area contributed by atoms with Gasteiger partial charge < -0.3 is 14.3 Å². The number of aliphatic carboxylic acids is 1. The summed E-state index contributed by atoms with van der Waals surface area (Å²) in [5.41, 5.74) is 1.98.